The van der Waals surface area contributed by atoms with E-state index in [4.69, 9.17) is 0 Å². The number of para-hydroxylation sites is 1. The van der Waals surface area contributed by atoms with Crippen molar-refractivity contribution in [3.8, 4) is 0 Å². The standard InChI is InChI=1S/C14H16N2O2/c1-2-10-15-12(17)14(8-9-14)13(18)16-11-6-4-3-5-7-11/h2-7H,1,8-10H2,(H,15,17)(H,16,18). The highest BCUT2D eigenvalue weighted by Crippen LogP contribution is 2.46. The van der Waals surface area contributed by atoms with Crippen LogP contribution in [0.3, 0.4) is 0 Å². The highest BCUT2D eigenvalue weighted by molar-refractivity contribution is 6.13. The molecule has 1 aliphatic carbocycles. The molecule has 0 bridgehead atoms. The molecule has 1 fully saturated rings. The van der Waals surface area contributed by atoms with E-state index in [0.29, 0.717) is 25.1 Å². The van der Waals surface area contributed by atoms with Crippen LogP contribution >= 0.6 is 0 Å². The third-order valence-corrected chi connectivity index (χ3v) is 3.06. The third kappa shape index (κ3) is 2.42. The van der Waals surface area contributed by atoms with Crippen molar-refractivity contribution in [1.82, 2.24) is 5.32 Å². The van der Waals surface area contributed by atoms with E-state index in [9.17, 15) is 9.59 Å². The van der Waals surface area contributed by atoms with Crippen LogP contribution in [-0.4, -0.2) is 18.4 Å². The second kappa shape index (κ2) is 5.04. The van der Waals surface area contributed by atoms with Crippen molar-refractivity contribution < 1.29 is 9.59 Å². The van der Waals surface area contributed by atoms with Crippen molar-refractivity contribution in [3.63, 3.8) is 0 Å². The Morgan fingerprint density at radius 1 is 1.22 bits per heavy atom. The molecule has 2 rings (SSSR count). The molecule has 0 atom stereocenters. The topological polar surface area (TPSA) is 58.2 Å². The molecule has 1 aromatic rings. The smallest absolute Gasteiger partial charge is 0.240 e. The number of carbonyl (C=O) groups excluding carboxylic acids is 2. The van der Waals surface area contributed by atoms with Crippen molar-refractivity contribution in [1.29, 1.82) is 0 Å². The van der Waals surface area contributed by atoms with E-state index < -0.39 is 5.41 Å². The minimum Gasteiger partial charge on any atom is -0.352 e. The van der Waals surface area contributed by atoms with Gasteiger partial charge in [0.1, 0.15) is 5.41 Å². The summed E-state index contributed by atoms with van der Waals surface area (Å²) in [6.45, 7) is 3.92. The van der Waals surface area contributed by atoms with Gasteiger partial charge in [-0.25, -0.2) is 0 Å². The minimum absolute atomic E-state index is 0.212. The number of hydrogen-bond donors (Lipinski definition) is 2. The molecule has 0 heterocycles. The van der Waals surface area contributed by atoms with E-state index >= 15 is 0 Å². The van der Waals surface area contributed by atoms with Crippen LogP contribution < -0.4 is 10.6 Å². The third-order valence-electron chi connectivity index (χ3n) is 3.06. The summed E-state index contributed by atoms with van der Waals surface area (Å²) in [6.07, 6.45) is 2.81. The summed E-state index contributed by atoms with van der Waals surface area (Å²) < 4.78 is 0. The quantitative estimate of drug-likeness (QED) is 0.612. The molecule has 94 valence electrons. The molecule has 18 heavy (non-hydrogen) atoms. The first-order valence-electron chi connectivity index (χ1n) is 5.95. The van der Waals surface area contributed by atoms with Crippen LogP contribution in [-0.2, 0) is 9.59 Å². The molecular formula is C14H16N2O2. The van der Waals surface area contributed by atoms with Gasteiger partial charge in [0.25, 0.3) is 0 Å². The molecule has 0 aromatic heterocycles. The Morgan fingerprint density at radius 2 is 1.89 bits per heavy atom. The molecule has 1 aromatic carbocycles. The van der Waals surface area contributed by atoms with Crippen molar-refractivity contribution in [2.75, 3.05) is 11.9 Å². The van der Waals surface area contributed by atoms with E-state index in [1.165, 1.54) is 0 Å². The average Bonchev–Trinajstić information content (AvgIpc) is 3.18. The van der Waals surface area contributed by atoms with Gasteiger partial charge in [0.2, 0.25) is 11.8 Å². The highest BCUT2D eigenvalue weighted by Gasteiger charge is 2.56. The summed E-state index contributed by atoms with van der Waals surface area (Å²) in [4.78, 5) is 24.0. The molecule has 4 nitrogen and oxygen atoms in total. The van der Waals surface area contributed by atoms with Gasteiger partial charge in [-0.15, -0.1) is 6.58 Å². The Kier molecular flexibility index (Phi) is 3.46. The Morgan fingerprint density at radius 3 is 2.44 bits per heavy atom. The zero-order valence-corrected chi connectivity index (χ0v) is 10.1. The van der Waals surface area contributed by atoms with Gasteiger partial charge in [0.15, 0.2) is 0 Å². The SMILES string of the molecule is C=CCNC(=O)C1(C(=O)Nc2ccccc2)CC1. The van der Waals surface area contributed by atoms with Crippen molar-refractivity contribution in [2.24, 2.45) is 5.41 Å². The van der Waals surface area contributed by atoms with E-state index in [-0.39, 0.29) is 11.8 Å². The molecule has 4 heteroatoms. The fourth-order valence-electron chi connectivity index (χ4n) is 1.79. The maximum atomic E-state index is 12.1. The van der Waals surface area contributed by atoms with Crippen LogP contribution in [0.2, 0.25) is 0 Å². The van der Waals surface area contributed by atoms with Gasteiger partial charge in [-0.3, -0.25) is 9.59 Å². The predicted molar refractivity (Wildman–Crippen MR) is 69.9 cm³/mol. The number of benzene rings is 1. The zero-order valence-electron chi connectivity index (χ0n) is 10.1. The summed E-state index contributed by atoms with van der Waals surface area (Å²) in [7, 11) is 0. The Bertz CT molecular complexity index is 464. The number of nitrogens with one attached hydrogen (secondary N) is 2. The molecule has 0 aliphatic heterocycles. The Balaban J connectivity index is 2.00. The van der Waals surface area contributed by atoms with Gasteiger partial charge in [0, 0.05) is 12.2 Å². The second-order valence-electron chi connectivity index (χ2n) is 4.40. The zero-order chi connectivity index (χ0) is 13.0. The normalized spacial score (nSPS) is 15.6. The predicted octanol–water partition coefficient (Wildman–Crippen LogP) is 1.71. The molecule has 0 unspecified atom stereocenters. The van der Waals surface area contributed by atoms with Crippen molar-refractivity contribution in [3.05, 3.63) is 43.0 Å². The molecule has 2 N–H and O–H groups in total. The average molecular weight is 244 g/mol. The lowest BCUT2D eigenvalue weighted by Crippen LogP contribution is -2.40. The van der Waals surface area contributed by atoms with Crippen LogP contribution in [0.15, 0.2) is 43.0 Å². The maximum absolute atomic E-state index is 12.1. The fraction of sp³-hybridized carbons (Fsp3) is 0.286. The minimum atomic E-state index is -0.876. The van der Waals surface area contributed by atoms with Gasteiger partial charge in [-0.05, 0) is 25.0 Å². The van der Waals surface area contributed by atoms with E-state index in [2.05, 4.69) is 17.2 Å². The largest absolute Gasteiger partial charge is 0.352 e. The lowest BCUT2D eigenvalue weighted by atomic mass is 10.1. The van der Waals surface area contributed by atoms with Crippen molar-refractivity contribution in [2.45, 2.75) is 12.8 Å². The van der Waals surface area contributed by atoms with E-state index in [1.807, 2.05) is 18.2 Å². The lowest BCUT2D eigenvalue weighted by molar-refractivity contribution is -0.134. The van der Waals surface area contributed by atoms with Gasteiger partial charge < -0.3 is 10.6 Å². The van der Waals surface area contributed by atoms with Gasteiger partial charge in [-0.1, -0.05) is 24.3 Å². The van der Waals surface area contributed by atoms with Crippen LogP contribution in [0.1, 0.15) is 12.8 Å². The van der Waals surface area contributed by atoms with Crippen LogP contribution in [0.5, 0.6) is 0 Å². The summed E-state index contributed by atoms with van der Waals surface area (Å²) in [5, 5.41) is 5.46. The van der Waals surface area contributed by atoms with E-state index in [1.54, 1.807) is 18.2 Å². The van der Waals surface area contributed by atoms with Gasteiger partial charge in [0.05, 0.1) is 0 Å². The number of carbonyl (C=O) groups is 2. The fourth-order valence-corrected chi connectivity index (χ4v) is 1.79. The van der Waals surface area contributed by atoms with Crippen LogP contribution in [0.25, 0.3) is 0 Å². The van der Waals surface area contributed by atoms with Gasteiger partial charge >= 0.3 is 0 Å². The van der Waals surface area contributed by atoms with Crippen LogP contribution in [0, 0.1) is 5.41 Å². The van der Waals surface area contributed by atoms with Gasteiger partial charge in [-0.2, -0.15) is 0 Å². The number of amides is 2. The summed E-state index contributed by atoms with van der Waals surface area (Å²) in [5.41, 5.74) is -0.163. The highest BCUT2D eigenvalue weighted by atomic mass is 16.2. The summed E-state index contributed by atoms with van der Waals surface area (Å²) in [6, 6.07) is 9.16. The van der Waals surface area contributed by atoms with Crippen molar-refractivity contribution >= 4 is 17.5 Å². The lowest BCUT2D eigenvalue weighted by Gasteiger charge is -2.14. The Hall–Kier alpha value is -2.10. The molecule has 0 radical (unpaired) electrons. The molecule has 2 amide bonds. The second-order valence-corrected chi connectivity index (χ2v) is 4.40. The number of rotatable bonds is 5. The summed E-state index contributed by atoms with van der Waals surface area (Å²) >= 11 is 0. The maximum Gasteiger partial charge on any atom is 0.240 e. The van der Waals surface area contributed by atoms with E-state index in [0.717, 1.165) is 0 Å². The monoisotopic (exact) mass is 244 g/mol. The number of hydrogen-bond acceptors (Lipinski definition) is 2. The summed E-state index contributed by atoms with van der Waals surface area (Å²) in [5.74, 6) is -0.439. The molecule has 1 saturated carbocycles. The molecule has 1 aliphatic rings. The first kappa shape index (κ1) is 12.4. The first-order chi connectivity index (χ1) is 8.69. The number of anilines is 1. The molecular weight excluding hydrogens is 228 g/mol. The molecule has 0 saturated heterocycles. The Labute approximate surface area is 106 Å². The van der Waals surface area contributed by atoms with Crippen LogP contribution in [0.4, 0.5) is 5.69 Å². The molecule has 0 spiro atoms. The first-order valence-corrected chi connectivity index (χ1v) is 5.95.